The second-order valence-electron chi connectivity index (χ2n) is 6.66. The van der Waals surface area contributed by atoms with E-state index in [2.05, 4.69) is 28.0 Å². The van der Waals surface area contributed by atoms with Crippen molar-refractivity contribution in [2.45, 2.75) is 50.7 Å². The Hall–Kier alpha value is -1.14. The summed E-state index contributed by atoms with van der Waals surface area (Å²) in [5.74, 6) is 0.214. The third-order valence-corrected chi connectivity index (χ3v) is 5.32. The van der Waals surface area contributed by atoms with E-state index in [1.54, 1.807) is 0 Å². The van der Waals surface area contributed by atoms with Gasteiger partial charge in [-0.05, 0) is 50.4 Å². The Bertz CT molecular complexity index is 562. The maximum Gasteiger partial charge on any atom is 0.241 e. The van der Waals surface area contributed by atoms with E-state index in [4.69, 9.17) is 11.6 Å². The first-order valence-electron chi connectivity index (χ1n) is 8.97. The number of piperidine rings is 1. The molecule has 2 saturated heterocycles. The van der Waals surface area contributed by atoms with Gasteiger partial charge in [-0.25, -0.2) is 10.9 Å². The van der Waals surface area contributed by atoms with Crippen LogP contribution in [0, 0.1) is 0 Å². The number of rotatable bonds is 5. The smallest absolute Gasteiger partial charge is 0.241 e. The Morgan fingerprint density at radius 2 is 2.00 bits per heavy atom. The van der Waals surface area contributed by atoms with Gasteiger partial charge in [-0.1, -0.05) is 36.7 Å². The van der Waals surface area contributed by atoms with Crippen LogP contribution in [0.4, 0.5) is 0 Å². The molecule has 2 atom stereocenters. The minimum atomic E-state index is -0.187. The average Bonchev–Trinajstić information content (AvgIpc) is 3.10. The highest BCUT2D eigenvalue weighted by Gasteiger charge is 2.35. The zero-order valence-corrected chi connectivity index (χ0v) is 15.0. The zero-order valence-electron chi connectivity index (χ0n) is 14.2. The van der Waals surface area contributed by atoms with Crippen LogP contribution in [0.25, 0.3) is 0 Å². The summed E-state index contributed by atoms with van der Waals surface area (Å²) in [6.07, 6.45) is 3.80. The van der Waals surface area contributed by atoms with Crippen molar-refractivity contribution in [3.8, 4) is 0 Å². The SMILES string of the molecule is CCCN(C(=O)C1CC(c2ccccc2Cl)NN1)C1CCNCC1. The number of hydrogen-bond donors (Lipinski definition) is 3. The van der Waals surface area contributed by atoms with Crippen LogP contribution in [0.15, 0.2) is 24.3 Å². The van der Waals surface area contributed by atoms with Gasteiger partial charge in [0.05, 0.1) is 0 Å². The number of halogens is 1. The van der Waals surface area contributed by atoms with E-state index in [9.17, 15) is 4.79 Å². The largest absolute Gasteiger partial charge is 0.338 e. The second-order valence-corrected chi connectivity index (χ2v) is 7.07. The molecule has 0 bridgehead atoms. The maximum absolute atomic E-state index is 13.1. The van der Waals surface area contributed by atoms with Gasteiger partial charge in [-0.15, -0.1) is 0 Å². The summed E-state index contributed by atoms with van der Waals surface area (Å²) in [6.45, 7) is 4.96. The van der Waals surface area contributed by atoms with Crippen LogP contribution in [0.2, 0.25) is 5.02 Å². The Kier molecular flexibility index (Phi) is 6.11. The van der Waals surface area contributed by atoms with Crippen LogP contribution < -0.4 is 16.2 Å². The van der Waals surface area contributed by atoms with Crippen LogP contribution in [0.5, 0.6) is 0 Å². The maximum atomic E-state index is 13.1. The first-order chi connectivity index (χ1) is 11.7. The molecular formula is C18H27ClN4O. The van der Waals surface area contributed by atoms with E-state index in [-0.39, 0.29) is 18.0 Å². The first kappa shape index (κ1) is 17.7. The van der Waals surface area contributed by atoms with Crippen LogP contribution in [-0.2, 0) is 4.79 Å². The molecule has 0 radical (unpaired) electrons. The molecule has 0 saturated carbocycles. The third-order valence-electron chi connectivity index (χ3n) is 4.98. The fraction of sp³-hybridized carbons (Fsp3) is 0.611. The van der Waals surface area contributed by atoms with Gasteiger partial charge in [0, 0.05) is 23.7 Å². The first-order valence-corrected chi connectivity index (χ1v) is 9.35. The summed E-state index contributed by atoms with van der Waals surface area (Å²) in [6, 6.07) is 8.07. The van der Waals surface area contributed by atoms with Gasteiger partial charge in [0.25, 0.3) is 0 Å². The second kappa shape index (κ2) is 8.30. The molecule has 5 nitrogen and oxygen atoms in total. The molecule has 1 amide bonds. The number of carbonyl (C=O) groups is 1. The van der Waals surface area contributed by atoms with E-state index < -0.39 is 0 Å². The van der Waals surface area contributed by atoms with Crippen molar-refractivity contribution in [3.63, 3.8) is 0 Å². The van der Waals surface area contributed by atoms with E-state index in [0.717, 1.165) is 55.9 Å². The van der Waals surface area contributed by atoms with Gasteiger partial charge in [0.15, 0.2) is 0 Å². The van der Waals surface area contributed by atoms with Crippen molar-refractivity contribution in [1.82, 2.24) is 21.1 Å². The minimum absolute atomic E-state index is 0.0733. The number of carbonyl (C=O) groups excluding carboxylic acids is 1. The van der Waals surface area contributed by atoms with Crippen LogP contribution >= 0.6 is 11.6 Å². The number of hydrazine groups is 1. The highest BCUT2D eigenvalue weighted by Crippen LogP contribution is 2.29. The van der Waals surface area contributed by atoms with E-state index in [1.807, 2.05) is 24.3 Å². The molecule has 0 aromatic heterocycles. The van der Waals surface area contributed by atoms with Crippen molar-refractivity contribution in [3.05, 3.63) is 34.9 Å². The van der Waals surface area contributed by atoms with Gasteiger partial charge in [-0.2, -0.15) is 0 Å². The molecular weight excluding hydrogens is 324 g/mol. The lowest BCUT2D eigenvalue weighted by Gasteiger charge is -2.36. The molecule has 2 fully saturated rings. The van der Waals surface area contributed by atoms with Crippen molar-refractivity contribution >= 4 is 17.5 Å². The van der Waals surface area contributed by atoms with E-state index >= 15 is 0 Å². The Morgan fingerprint density at radius 1 is 1.25 bits per heavy atom. The van der Waals surface area contributed by atoms with E-state index in [0.29, 0.717) is 6.04 Å². The Balaban J connectivity index is 1.66. The van der Waals surface area contributed by atoms with Crippen LogP contribution in [0.3, 0.4) is 0 Å². The molecule has 2 aliphatic rings. The molecule has 0 aliphatic carbocycles. The van der Waals surface area contributed by atoms with Gasteiger partial charge in [0.1, 0.15) is 6.04 Å². The third kappa shape index (κ3) is 3.91. The summed E-state index contributed by atoms with van der Waals surface area (Å²) in [4.78, 5) is 15.2. The average molecular weight is 351 g/mol. The minimum Gasteiger partial charge on any atom is -0.338 e. The number of amides is 1. The summed E-state index contributed by atoms with van der Waals surface area (Å²) in [5.41, 5.74) is 7.49. The van der Waals surface area contributed by atoms with Gasteiger partial charge < -0.3 is 10.2 Å². The normalized spacial score (nSPS) is 24.9. The van der Waals surface area contributed by atoms with Gasteiger partial charge >= 0.3 is 0 Å². The predicted octanol–water partition coefficient (Wildman–Crippen LogP) is 2.24. The monoisotopic (exact) mass is 350 g/mol. The summed E-state index contributed by atoms with van der Waals surface area (Å²) >= 11 is 6.30. The van der Waals surface area contributed by atoms with Gasteiger partial charge in [0.2, 0.25) is 5.91 Å². The molecule has 2 unspecified atom stereocenters. The quantitative estimate of drug-likeness (QED) is 0.762. The van der Waals surface area contributed by atoms with Crippen molar-refractivity contribution < 1.29 is 4.79 Å². The number of nitrogens with zero attached hydrogens (tertiary/aromatic N) is 1. The fourth-order valence-electron chi connectivity index (χ4n) is 3.71. The summed E-state index contributed by atoms with van der Waals surface area (Å²) in [5, 5.41) is 4.12. The summed E-state index contributed by atoms with van der Waals surface area (Å²) < 4.78 is 0. The molecule has 1 aromatic rings. The lowest BCUT2D eigenvalue weighted by atomic mass is 9.99. The zero-order chi connectivity index (χ0) is 16.9. The molecule has 132 valence electrons. The molecule has 2 aliphatic heterocycles. The fourth-order valence-corrected chi connectivity index (χ4v) is 3.98. The van der Waals surface area contributed by atoms with Crippen molar-refractivity contribution in [2.24, 2.45) is 0 Å². The number of hydrogen-bond acceptors (Lipinski definition) is 4. The number of nitrogens with one attached hydrogen (secondary N) is 3. The topological polar surface area (TPSA) is 56.4 Å². The Labute approximate surface area is 149 Å². The van der Waals surface area contributed by atoms with E-state index in [1.165, 1.54) is 0 Å². The molecule has 24 heavy (non-hydrogen) atoms. The van der Waals surface area contributed by atoms with Crippen molar-refractivity contribution in [2.75, 3.05) is 19.6 Å². The van der Waals surface area contributed by atoms with Crippen LogP contribution in [-0.4, -0.2) is 42.5 Å². The lowest BCUT2D eigenvalue weighted by Crippen LogP contribution is -2.52. The predicted molar refractivity (Wildman–Crippen MR) is 96.8 cm³/mol. The molecule has 3 N–H and O–H groups in total. The molecule has 2 heterocycles. The molecule has 3 rings (SSSR count). The number of benzene rings is 1. The van der Waals surface area contributed by atoms with Crippen molar-refractivity contribution in [1.29, 1.82) is 0 Å². The lowest BCUT2D eigenvalue weighted by molar-refractivity contribution is -0.136. The van der Waals surface area contributed by atoms with Crippen LogP contribution in [0.1, 0.15) is 44.2 Å². The Morgan fingerprint density at radius 3 is 2.71 bits per heavy atom. The molecule has 1 aromatic carbocycles. The highest BCUT2D eigenvalue weighted by molar-refractivity contribution is 6.31. The van der Waals surface area contributed by atoms with Gasteiger partial charge in [-0.3, -0.25) is 4.79 Å². The summed E-state index contributed by atoms with van der Waals surface area (Å²) in [7, 11) is 0. The highest BCUT2D eigenvalue weighted by atomic mass is 35.5. The molecule has 6 heteroatoms. The molecule has 0 spiro atoms. The standard InChI is InChI=1S/C18H27ClN4O/c1-2-11-23(13-7-9-20-10-8-13)18(24)17-12-16(21-22-17)14-5-3-4-6-15(14)19/h3-6,13,16-17,20-22H,2,7-12H2,1H3.